The zero-order valence-corrected chi connectivity index (χ0v) is 11.1. The number of hydrogen-bond acceptors (Lipinski definition) is 3. The number of aromatic amines is 1. The normalized spacial score (nSPS) is 15.1. The quantitative estimate of drug-likeness (QED) is 0.862. The van der Waals surface area contributed by atoms with Gasteiger partial charge in [0.1, 0.15) is 0 Å². The lowest BCUT2D eigenvalue weighted by Gasteiger charge is -2.17. The Kier molecular flexibility index (Phi) is 3.79. The Hall–Kier alpha value is -1.81. The fraction of sp³-hybridized carbons (Fsp3) is 0.400. The van der Waals surface area contributed by atoms with Crippen LogP contribution in [-0.4, -0.2) is 23.3 Å². The third kappa shape index (κ3) is 3.15. The molecule has 4 heteroatoms. The lowest BCUT2D eigenvalue weighted by Crippen LogP contribution is -2.17. The second-order valence-corrected chi connectivity index (χ2v) is 5.05. The zero-order valence-electron chi connectivity index (χ0n) is 11.1. The minimum absolute atomic E-state index is 0.827. The Morgan fingerprint density at radius 3 is 2.53 bits per heavy atom. The van der Waals surface area contributed by atoms with Gasteiger partial charge in [-0.3, -0.25) is 5.10 Å². The van der Waals surface area contributed by atoms with Crippen molar-refractivity contribution >= 4 is 5.69 Å². The van der Waals surface area contributed by atoms with Crippen LogP contribution in [0.2, 0.25) is 0 Å². The molecule has 1 aromatic heterocycles. The van der Waals surface area contributed by atoms with Crippen LogP contribution in [0.4, 0.5) is 5.69 Å². The lowest BCUT2D eigenvalue weighted by molar-refractivity contribution is 0.677. The maximum absolute atomic E-state index is 3.93. The first-order valence-corrected chi connectivity index (χ1v) is 6.95. The van der Waals surface area contributed by atoms with E-state index in [2.05, 4.69) is 44.7 Å². The highest BCUT2D eigenvalue weighted by atomic mass is 15.1. The largest absolute Gasteiger partial charge is 0.372 e. The second kappa shape index (κ2) is 5.89. The number of aromatic nitrogens is 2. The number of hydrogen-bond donors (Lipinski definition) is 2. The predicted molar refractivity (Wildman–Crippen MR) is 77.0 cm³/mol. The van der Waals surface area contributed by atoms with Crippen LogP contribution in [0, 0.1) is 0 Å². The summed E-state index contributed by atoms with van der Waals surface area (Å²) in [4.78, 5) is 2.46. The van der Waals surface area contributed by atoms with Gasteiger partial charge in [-0.2, -0.15) is 5.10 Å². The fourth-order valence-corrected chi connectivity index (χ4v) is 2.52. The molecule has 2 aromatic rings. The molecule has 0 atom stereocenters. The Labute approximate surface area is 113 Å². The van der Waals surface area contributed by atoms with E-state index in [0.717, 1.165) is 18.8 Å². The second-order valence-electron chi connectivity index (χ2n) is 5.05. The number of H-pyrrole nitrogens is 1. The molecule has 1 aromatic carbocycles. The molecule has 100 valence electrons. The molecule has 0 aliphatic carbocycles. The molecule has 1 aliphatic heterocycles. The Morgan fingerprint density at radius 2 is 1.84 bits per heavy atom. The van der Waals surface area contributed by atoms with E-state index in [0.29, 0.717) is 0 Å². The summed E-state index contributed by atoms with van der Waals surface area (Å²) in [6.07, 6.45) is 4.43. The molecular formula is C15H20N4. The summed E-state index contributed by atoms with van der Waals surface area (Å²) in [7, 11) is 0. The first-order valence-electron chi connectivity index (χ1n) is 6.95. The van der Waals surface area contributed by atoms with E-state index in [9.17, 15) is 0 Å². The van der Waals surface area contributed by atoms with Gasteiger partial charge >= 0.3 is 0 Å². The van der Waals surface area contributed by atoms with Gasteiger partial charge in [0.25, 0.3) is 0 Å². The van der Waals surface area contributed by atoms with Crippen molar-refractivity contribution < 1.29 is 0 Å². The molecule has 2 heterocycles. The summed E-state index contributed by atoms with van der Waals surface area (Å²) in [6.45, 7) is 4.13. The van der Waals surface area contributed by atoms with E-state index in [1.165, 1.54) is 37.2 Å². The Bertz CT molecular complexity index is 483. The summed E-state index contributed by atoms with van der Waals surface area (Å²) < 4.78 is 0. The van der Waals surface area contributed by atoms with Crippen LogP contribution in [0.25, 0.3) is 0 Å². The van der Waals surface area contributed by atoms with Crippen LogP contribution in [-0.2, 0) is 13.1 Å². The molecule has 1 fully saturated rings. The van der Waals surface area contributed by atoms with Gasteiger partial charge in [0.05, 0.1) is 0 Å². The van der Waals surface area contributed by atoms with Gasteiger partial charge in [-0.15, -0.1) is 0 Å². The van der Waals surface area contributed by atoms with Crippen molar-refractivity contribution in [2.24, 2.45) is 0 Å². The molecule has 0 bridgehead atoms. The molecule has 0 saturated carbocycles. The number of rotatable bonds is 5. The zero-order chi connectivity index (χ0) is 12.9. The highest BCUT2D eigenvalue weighted by Gasteiger charge is 2.11. The van der Waals surface area contributed by atoms with Crippen molar-refractivity contribution in [2.75, 3.05) is 18.0 Å². The third-order valence-electron chi connectivity index (χ3n) is 3.61. The molecule has 4 nitrogen and oxygen atoms in total. The summed E-state index contributed by atoms with van der Waals surface area (Å²) in [5, 5.41) is 10.3. The van der Waals surface area contributed by atoms with Crippen molar-refractivity contribution in [3.63, 3.8) is 0 Å². The van der Waals surface area contributed by atoms with Crippen LogP contribution in [0.5, 0.6) is 0 Å². The summed E-state index contributed by atoms with van der Waals surface area (Å²) in [5.74, 6) is 0. The van der Waals surface area contributed by atoms with E-state index >= 15 is 0 Å². The molecule has 1 aliphatic rings. The van der Waals surface area contributed by atoms with E-state index in [4.69, 9.17) is 0 Å². The van der Waals surface area contributed by atoms with Gasteiger partial charge < -0.3 is 10.2 Å². The predicted octanol–water partition coefficient (Wildman–Crippen LogP) is 2.30. The average Bonchev–Trinajstić information content (AvgIpc) is 3.13. The molecule has 0 unspecified atom stereocenters. The fourth-order valence-electron chi connectivity index (χ4n) is 2.52. The van der Waals surface area contributed by atoms with E-state index < -0.39 is 0 Å². The van der Waals surface area contributed by atoms with Crippen LogP contribution < -0.4 is 10.2 Å². The maximum Gasteiger partial charge on any atom is 0.0490 e. The summed E-state index contributed by atoms with van der Waals surface area (Å²) in [6, 6.07) is 10.9. The Balaban J connectivity index is 1.51. The minimum atomic E-state index is 0.827. The summed E-state index contributed by atoms with van der Waals surface area (Å²) >= 11 is 0. The van der Waals surface area contributed by atoms with Crippen molar-refractivity contribution in [3.05, 3.63) is 47.8 Å². The van der Waals surface area contributed by atoms with Crippen LogP contribution in [0.15, 0.2) is 36.5 Å². The number of benzene rings is 1. The first-order chi connectivity index (χ1) is 9.42. The first kappa shape index (κ1) is 12.2. The topological polar surface area (TPSA) is 44.0 Å². The van der Waals surface area contributed by atoms with E-state index in [1.807, 2.05) is 6.07 Å². The van der Waals surface area contributed by atoms with Gasteiger partial charge in [0.2, 0.25) is 0 Å². The lowest BCUT2D eigenvalue weighted by atomic mass is 10.2. The van der Waals surface area contributed by atoms with E-state index in [1.54, 1.807) is 6.20 Å². The van der Waals surface area contributed by atoms with Gasteiger partial charge in [0.15, 0.2) is 0 Å². The minimum Gasteiger partial charge on any atom is -0.372 e. The molecule has 0 radical (unpaired) electrons. The van der Waals surface area contributed by atoms with Gasteiger partial charge in [-0.05, 0) is 36.6 Å². The number of nitrogens with one attached hydrogen (secondary N) is 2. The van der Waals surface area contributed by atoms with Crippen LogP contribution in [0.3, 0.4) is 0 Å². The van der Waals surface area contributed by atoms with Crippen molar-refractivity contribution in [1.82, 2.24) is 15.5 Å². The molecular weight excluding hydrogens is 236 g/mol. The highest BCUT2D eigenvalue weighted by Crippen LogP contribution is 2.20. The standard InChI is InChI=1S/C15H20N4/c1-2-10-19(9-1)15-5-3-13(4-6-15)11-16-12-14-7-8-17-18-14/h3-8,16H,1-2,9-12H2,(H,17,18). The SMILES string of the molecule is c1cc(CNCc2ccc(N3CCCC3)cc2)[nH]n1. The van der Waals surface area contributed by atoms with Crippen molar-refractivity contribution in [2.45, 2.75) is 25.9 Å². The molecule has 19 heavy (non-hydrogen) atoms. The monoisotopic (exact) mass is 256 g/mol. The highest BCUT2D eigenvalue weighted by molar-refractivity contribution is 5.48. The van der Waals surface area contributed by atoms with Crippen LogP contribution >= 0.6 is 0 Å². The van der Waals surface area contributed by atoms with Crippen molar-refractivity contribution in [1.29, 1.82) is 0 Å². The van der Waals surface area contributed by atoms with Gasteiger partial charge in [-0.25, -0.2) is 0 Å². The molecule has 0 amide bonds. The maximum atomic E-state index is 3.93. The van der Waals surface area contributed by atoms with Crippen molar-refractivity contribution in [3.8, 4) is 0 Å². The number of anilines is 1. The molecule has 3 rings (SSSR count). The third-order valence-corrected chi connectivity index (χ3v) is 3.61. The van der Waals surface area contributed by atoms with Crippen LogP contribution in [0.1, 0.15) is 24.1 Å². The summed E-state index contributed by atoms with van der Waals surface area (Å²) in [5.41, 5.74) is 3.80. The van der Waals surface area contributed by atoms with E-state index in [-0.39, 0.29) is 0 Å². The number of nitrogens with zero attached hydrogens (tertiary/aromatic N) is 2. The smallest absolute Gasteiger partial charge is 0.0490 e. The van der Waals surface area contributed by atoms with Gasteiger partial charge in [-0.1, -0.05) is 12.1 Å². The molecule has 2 N–H and O–H groups in total. The average molecular weight is 256 g/mol. The van der Waals surface area contributed by atoms with Gasteiger partial charge in [0, 0.05) is 43.8 Å². The molecule has 0 spiro atoms. The molecule has 1 saturated heterocycles. The Morgan fingerprint density at radius 1 is 1.05 bits per heavy atom.